The highest BCUT2D eigenvalue weighted by Gasteiger charge is 2.14. The highest BCUT2D eigenvalue weighted by Crippen LogP contribution is 2.18. The molecular weight excluding hydrogens is 226 g/mol. The Balaban J connectivity index is 1.91. The summed E-state index contributed by atoms with van der Waals surface area (Å²) >= 11 is 0. The molecule has 1 aromatic rings. The van der Waals surface area contributed by atoms with Crippen LogP contribution in [0.25, 0.3) is 0 Å². The number of hydrogen-bond donors (Lipinski definition) is 1. The number of ether oxygens (including phenoxy) is 2. The van der Waals surface area contributed by atoms with Crippen LogP contribution in [0.15, 0.2) is 24.3 Å². The zero-order valence-corrected chi connectivity index (χ0v) is 11.3. The molecule has 0 spiro atoms. The van der Waals surface area contributed by atoms with E-state index in [0.29, 0.717) is 12.6 Å². The van der Waals surface area contributed by atoms with Crippen LogP contribution < -0.4 is 10.1 Å². The van der Waals surface area contributed by atoms with Gasteiger partial charge in [-0.15, -0.1) is 0 Å². The molecule has 0 radical (unpaired) electrons. The van der Waals surface area contributed by atoms with E-state index in [-0.39, 0.29) is 6.10 Å². The molecule has 0 bridgehead atoms. The van der Waals surface area contributed by atoms with E-state index in [0.717, 1.165) is 18.7 Å². The topological polar surface area (TPSA) is 30.5 Å². The number of nitrogens with one attached hydrogen (secondary N) is 1. The van der Waals surface area contributed by atoms with Crippen molar-refractivity contribution >= 4 is 0 Å². The number of benzene rings is 1. The van der Waals surface area contributed by atoms with Crippen molar-refractivity contribution in [2.75, 3.05) is 20.3 Å². The third kappa shape index (κ3) is 4.00. The van der Waals surface area contributed by atoms with Gasteiger partial charge in [0.2, 0.25) is 0 Å². The summed E-state index contributed by atoms with van der Waals surface area (Å²) in [6, 6.07) is 9.04. The lowest BCUT2D eigenvalue weighted by Gasteiger charge is -2.15. The third-order valence-corrected chi connectivity index (χ3v) is 3.28. The fourth-order valence-corrected chi connectivity index (χ4v) is 2.46. The minimum absolute atomic E-state index is 0.0925. The maximum Gasteiger partial charge on any atom is 0.120 e. The first-order valence-corrected chi connectivity index (χ1v) is 6.76. The maximum atomic E-state index is 5.81. The summed E-state index contributed by atoms with van der Waals surface area (Å²) in [6.45, 7) is 3.80. The first-order valence-electron chi connectivity index (χ1n) is 6.76. The van der Waals surface area contributed by atoms with E-state index in [9.17, 15) is 0 Å². The van der Waals surface area contributed by atoms with Gasteiger partial charge in [-0.2, -0.15) is 0 Å². The highest BCUT2D eigenvalue weighted by molar-refractivity contribution is 5.29. The van der Waals surface area contributed by atoms with Gasteiger partial charge in [0.05, 0.1) is 6.61 Å². The Kier molecular flexibility index (Phi) is 5.02. The fraction of sp³-hybridized carbons (Fsp3) is 0.600. The molecule has 3 heteroatoms. The van der Waals surface area contributed by atoms with Crippen LogP contribution in [0.2, 0.25) is 0 Å². The summed E-state index contributed by atoms with van der Waals surface area (Å²) in [7, 11) is 1.70. The van der Waals surface area contributed by atoms with Crippen LogP contribution in [-0.4, -0.2) is 32.4 Å². The van der Waals surface area contributed by atoms with Gasteiger partial charge < -0.3 is 14.8 Å². The average Bonchev–Trinajstić information content (AvgIpc) is 2.82. The lowest BCUT2D eigenvalue weighted by atomic mass is 10.0. The summed E-state index contributed by atoms with van der Waals surface area (Å²) in [5.41, 5.74) is 1.34. The molecule has 0 aromatic heterocycles. The van der Waals surface area contributed by atoms with Crippen molar-refractivity contribution in [2.24, 2.45) is 0 Å². The molecular formula is C15H23NO2. The zero-order valence-electron chi connectivity index (χ0n) is 11.3. The Bertz CT molecular complexity index is 361. The smallest absolute Gasteiger partial charge is 0.120 e. The van der Waals surface area contributed by atoms with Crippen LogP contribution in [0.3, 0.4) is 0 Å². The summed E-state index contributed by atoms with van der Waals surface area (Å²) in [4.78, 5) is 0. The molecule has 1 aromatic carbocycles. The molecule has 1 unspecified atom stereocenters. The second-order valence-electron chi connectivity index (χ2n) is 5.03. The van der Waals surface area contributed by atoms with Crippen LogP contribution in [0.5, 0.6) is 5.75 Å². The normalized spacial score (nSPS) is 20.9. The zero-order chi connectivity index (χ0) is 12.8. The SMILES string of the molecule is COC[C@@H](C)Oc1cccc(CC2CCCN2)c1. The fourth-order valence-electron chi connectivity index (χ4n) is 2.46. The van der Waals surface area contributed by atoms with Crippen LogP contribution in [0, 0.1) is 0 Å². The number of rotatable bonds is 6. The molecule has 2 rings (SSSR count). The van der Waals surface area contributed by atoms with Gasteiger partial charge in [-0.25, -0.2) is 0 Å². The molecule has 1 aliphatic rings. The number of hydrogen-bond acceptors (Lipinski definition) is 3. The van der Waals surface area contributed by atoms with Crippen molar-refractivity contribution in [2.45, 2.75) is 38.3 Å². The first kappa shape index (κ1) is 13.4. The summed E-state index contributed by atoms with van der Waals surface area (Å²) < 4.78 is 10.9. The van der Waals surface area contributed by atoms with Crippen molar-refractivity contribution in [1.29, 1.82) is 0 Å². The van der Waals surface area contributed by atoms with Crippen LogP contribution >= 0.6 is 0 Å². The molecule has 1 heterocycles. The summed E-state index contributed by atoms with van der Waals surface area (Å²) in [6.07, 6.45) is 3.77. The maximum absolute atomic E-state index is 5.81. The molecule has 18 heavy (non-hydrogen) atoms. The third-order valence-electron chi connectivity index (χ3n) is 3.28. The molecule has 0 amide bonds. The quantitative estimate of drug-likeness (QED) is 0.839. The lowest BCUT2D eigenvalue weighted by molar-refractivity contribution is 0.0920. The molecule has 3 nitrogen and oxygen atoms in total. The van der Waals surface area contributed by atoms with Crippen molar-refractivity contribution < 1.29 is 9.47 Å². The minimum atomic E-state index is 0.0925. The summed E-state index contributed by atoms with van der Waals surface area (Å²) in [5.74, 6) is 0.940. The molecule has 1 fully saturated rings. The van der Waals surface area contributed by atoms with Gasteiger partial charge in [0, 0.05) is 13.2 Å². The molecule has 100 valence electrons. The Morgan fingerprint density at radius 2 is 2.33 bits per heavy atom. The largest absolute Gasteiger partial charge is 0.488 e. The average molecular weight is 249 g/mol. The van der Waals surface area contributed by atoms with Crippen LogP contribution in [-0.2, 0) is 11.2 Å². The first-order chi connectivity index (χ1) is 8.78. The van der Waals surface area contributed by atoms with Gasteiger partial charge in [-0.3, -0.25) is 0 Å². The van der Waals surface area contributed by atoms with Crippen molar-refractivity contribution in [3.05, 3.63) is 29.8 Å². The van der Waals surface area contributed by atoms with Crippen molar-refractivity contribution in [3.63, 3.8) is 0 Å². The van der Waals surface area contributed by atoms with Crippen molar-refractivity contribution in [3.8, 4) is 5.75 Å². The van der Waals surface area contributed by atoms with E-state index >= 15 is 0 Å². The van der Waals surface area contributed by atoms with Gasteiger partial charge in [0.1, 0.15) is 11.9 Å². The second-order valence-corrected chi connectivity index (χ2v) is 5.03. The van der Waals surface area contributed by atoms with Gasteiger partial charge in [0.25, 0.3) is 0 Å². The van der Waals surface area contributed by atoms with Gasteiger partial charge in [0.15, 0.2) is 0 Å². The Hall–Kier alpha value is -1.06. The van der Waals surface area contributed by atoms with Gasteiger partial charge >= 0.3 is 0 Å². The van der Waals surface area contributed by atoms with Gasteiger partial charge in [-0.05, 0) is 50.4 Å². The minimum Gasteiger partial charge on any atom is -0.488 e. The van der Waals surface area contributed by atoms with Crippen LogP contribution in [0.1, 0.15) is 25.3 Å². The van der Waals surface area contributed by atoms with E-state index in [1.807, 2.05) is 13.0 Å². The number of methoxy groups -OCH3 is 1. The standard InChI is InChI=1S/C15H23NO2/c1-12(11-17-2)18-15-7-3-5-13(10-15)9-14-6-4-8-16-14/h3,5,7,10,12,14,16H,4,6,8-9,11H2,1-2H3/t12-,14?/m1/s1. The predicted molar refractivity (Wildman–Crippen MR) is 73.1 cm³/mol. The molecule has 1 N–H and O–H groups in total. The van der Waals surface area contributed by atoms with E-state index in [1.165, 1.54) is 18.4 Å². The molecule has 1 saturated heterocycles. The van der Waals surface area contributed by atoms with E-state index < -0.39 is 0 Å². The van der Waals surface area contributed by atoms with Gasteiger partial charge in [-0.1, -0.05) is 12.1 Å². The van der Waals surface area contributed by atoms with E-state index in [1.54, 1.807) is 7.11 Å². The molecule has 1 aliphatic heterocycles. The predicted octanol–water partition coefficient (Wildman–Crippen LogP) is 2.39. The van der Waals surface area contributed by atoms with Crippen molar-refractivity contribution in [1.82, 2.24) is 5.32 Å². The molecule has 2 atom stereocenters. The molecule has 0 aliphatic carbocycles. The highest BCUT2D eigenvalue weighted by atomic mass is 16.5. The summed E-state index contributed by atoms with van der Waals surface area (Å²) in [5, 5.41) is 3.52. The second kappa shape index (κ2) is 6.76. The van der Waals surface area contributed by atoms with E-state index in [4.69, 9.17) is 9.47 Å². The Labute approximate surface area is 109 Å². The van der Waals surface area contributed by atoms with E-state index in [2.05, 4.69) is 23.5 Å². The Morgan fingerprint density at radius 1 is 1.44 bits per heavy atom. The van der Waals surface area contributed by atoms with Crippen LogP contribution in [0.4, 0.5) is 0 Å². The lowest BCUT2D eigenvalue weighted by Crippen LogP contribution is -2.23. The molecule has 0 saturated carbocycles. The Morgan fingerprint density at radius 3 is 3.06 bits per heavy atom. The monoisotopic (exact) mass is 249 g/mol.